The normalized spacial score (nSPS) is 16.9. The molecule has 1 fully saturated rings. The number of hydrogen-bond donors (Lipinski definition) is 0. The fourth-order valence-electron chi connectivity index (χ4n) is 2.75. The van der Waals surface area contributed by atoms with Crippen molar-refractivity contribution in [3.8, 4) is 0 Å². The molecule has 1 aromatic heterocycles. The van der Waals surface area contributed by atoms with Crippen molar-refractivity contribution in [1.82, 2.24) is 9.97 Å². The summed E-state index contributed by atoms with van der Waals surface area (Å²) in [6, 6.07) is 8.42. The van der Waals surface area contributed by atoms with Gasteiger partial charge in [0.05, 0.1) is 5.52 Å². The number of rotatable bonds is 3. The van der Waals surface area contributed by atoms with Crippen LogP contribution in [-0.4, -0.2) is 15.2 Å². The third-order valence-corrected chi connectivity index (χ3v) is 5.27. The molecular formula is C17H22N2S. The van der Waals surface area contributed by atoms with Crippen LogP contribution in [0.5, 0.6) is 0 Å². The van der Waals surface area contributed by atoms with Crippen LogP contribution in [0.3, 0.4) is 0 Å². The van der Waals surface area contributed by atoms with E-state index in [1.807, 2.05) is 11.8 Å². The van der Waals surface area contributed by atoms with Crippen molar-refractivity contribution < 1.29 is 0 Å². The van der Waals surface area contributed by atoms with Gasteiger partial charge in [-0.25, -0.2) is 9.97 Å². The summed E-state index contributed by atoms with van der Waals surface area (Å²) < 4.78 is 0. The van der Waals surface area contributed by atoms with Gasteiger partial charge in [-0.2, -0.15) is 0 Å². The van der Waals surface area contributed by atoms with Crippen LogP contribution in [0.2, 0.25) is 0 Å². The highest BCUT2D eigenvalue weighted by Crippen LogP contribution is 2.36. The second-order valence-electron chi connectivity index (χ2n) is 5.94. The van der Waals surface area contributed by atoms with Crippen molar-refractivity contribution in [3.63, 3.8) is 0 Å². The molecule has 0 unspecified atom stereocenters. The van der Waals surface area contributed by atoms with Crippen molar-refractivity contribution in [2.24, 2.45) is 0 Å². The maximum absolute atomic E-state index is 4.85. The van der Waals surface area contributed by atoms with Crippen LogP contribution in [0.25, 0.3) is 10.9 Å². The lowest BCUT2D eigenvalue weighted by Gasteiger charge is -2.21. The van der Waals surface area contributed by atoms with Crippen LogP contribution < -0.4 is 0 Å². The van der Waals surface area contributed by atoms with Crippen LogP contribution in [0.1, 0.15) is 57.7 Å². The zero-order valence-corrected chi connectivity index (χ0v) is 13.1. The summed E-state index contributed by atoms with van der Waals surface area (Å²) in [7, 11) is 0. The summed E-state index contributed by atoms with van der Waals surface area (Å²) in [5, 5.41) is 3.14. The maximum Gasteiger partial charge on any atom is 0.132 e. The lowest BCUT2D eigenvalue weighted by Crippen LogP contribution is -2.09. The third kappa shape index (κ3) is 2.98. The van der Waals surface area contributed by atoms with Crippen molar-refractivity contribution in [2.45, 2.75) is 62.1 Å². The number of benzene rings is 1. The molecule has 0 bridgehead atoms. The standard InChI is InChI=1S/C17H22N2S/c1-12(2)16-18-15-11-7-6-10-14(15)17(19-16)20-13-8-4-3-5-9-13/h6-7,10-13H,3-5,8-9H2,1-2H3. The number of aromatic nitrogens is 2. The maximum atomic E-state index is 4.85. The summed E-state index contributed by atoms with van der Waals surface area (Å²) >= 11 is 1.97. The summed E-state index contributed by atoms with van der Waals surface area (Å²) in [4.78, 5) is 9.55. The predicted octanol–water partition coefficient (Wildman–Crippen LogP) is 5.18. The van der Waals surface area contributed by atoms with E-state index in [9.17, 15) is 0 Å². The Hall–Kier alpha value is -1.09. The second-order valence-corrected chi connectivity index (χ2v) is 7.23. The van der Waals surface area contributed by atoms with E-state index >= 15 is 0 Å². The summed E-state index contributed by atoms with van der Waals surface area (Å²) in [6.07, 6.45) is 6.81. The van der Waals surface area contributed by atoms with Crippen LogP contribution in [0, 0.1) is 0 Å². The Labute approximate surface area is 125 Å². The van der Waals surface area contributed by atoms with Gasteiger partial charge in [0.1, 0.15) is 10.9 Å². The van der Waals surface area contributed by atoms with Gasteiger partial charge in [0, 0.05) is 16.6 Å². The molecule has 1 aliphatic carbocycles. The first kappa shape index (κ1) is 13.9. The number of hydrogen-bond acceptors (Lipinski definition) is 3. The largest absolute Gasteiger partial charge is 0.233 e. The Bertz CT molecular complexity index is 589. The fourth-order valence-corrected chi connectivity index (χ4v) is 4.08. The van der Waals surface area contributed by atoms with Crippen LogP contribution in [0.4, 0.5) is 0 Å². The highest BCUT2D eigenvalue weighted by Gasteiger charge is 2.18. The van der Waals surface area contributed by atoms with Crippen LogP contribution in [0.15, 0.2) is 29.3 Å². The van der Waals surface area contributed by atoms with E-state index in [1.54, 1.807) is 0 Å². The average Bonchev–Trinajstić information content (AvgIpc) is 2.48. The lowest BCUT2D eigenvalue weighted by atomic mass is 10.0. The van der Waals surface area contributed by atoms with E-state index < -0.39 is 0 Å². The number of para-hydroxylation sites is 1. The molecule has 0 radical (unpaired) electrons. The van der Waals surface area contributed by atoms with Gasteiger partial charge >= 0.3 is 0 Å². The average molecular weight is 286 g/mol. The molecule has 2 nitrogen and oxygen atoms in total. The van der Waals surface area contributed by atoms with Gasteiger partial charge in [-0.15, -0.1) is 11.8 Å². The van der Waals surface area contributed by atoms with Crippen molar-refractivity contribution in [3.05, 3.63) is 30.1 Å². The van der Waals surface area contributed by atoms with Gasteiger partial charge in [0.15, 0.2) is 0 Å². The van der Waals surface area contributed by atoms with Crippen molar-refractivity contribution >= 4 is 22.7 Å². The van der Waals surface area contributed by atoms with E-state index in [1.165, 1.54) is 42.5 Å². The predicted molar refractivity (Wildman–Crippen MR) is 86.4 cm³/mol. The molecule has 1 aromatic carbocycles. The molecular weight excluding hydrogens is 264 g/mol. The Morgan fingerprint density at radius 1 is 1.05 bits per heavy atom. The molecule has 0 spiro atoms. The minimum absolute atomic E-state index is 0.380. The Balaban J connectivity index is 1.98. The number of thioether (sulfide) groups is 1. The molecule has 1 aliphatic rings. The van der Waals surface area contributed by atoms with Gasteiger partial charge in [-0.1, -0.05) is 51.3 Å². The minimum atomic E-state index is 0.380. The molecule has 0 atom stereocenters. The molecule has 2 aromatic rings. The smallest absolute Gasteiger partial charge is 0.132 e. The zero-order valence-electron chi connectivity index (χ0n) is 12.3. The molecule has 0 amide bonds. The Morgan fingerprint density at radius 2 is 1.80 bits per heavy atom. The first-order valence-electron chi connectivity index (χ1n) is 7.67. The summed E-state index contributed by atoms with van der Waals surface area (Å²) in [5.74, 6) is 1.35. The zero-order chi connectivity index (χ0) is 13.9. The van der Waals surface area contributed by atoms with E-state index in [0.29, 0.717) is 5.92 Å². The SMILES string of the molecule is CC(C)c1nc(SC2CCCCC2)c2ccccc2n1. The van der Waals surface area contributed by atoms with Crippen LogP contribution >= 0.6 is 11.8 Å². The third-order valence-electron chi connectivity index (χ3n) is 3.93. The molecule has 3 rings (SSSR count). The van der Waals surface area contributed by atoms with E-state index in [2.05, 4.69) is 38.1 Å². The van der Waals surface area contributed by atoms with E-state index in [-0.39, 0.29) is 0 Å². The highest BCUT2D eigenvalue weighted by molar-refractivity contribution is 8.00. The van der Waals surface area contributed by atoms with Crippen molar-refractivity contribution in [1.29, 1.82) is 0 Å². The fraction of sp³-hybridized carbons (Fsp3) is 0.529. The first-order valence-corrected chi connectivity index (χ1v) is 8.55. The van der Waals surface area contributed by atoms with Crippen molar-refractivity contribution in [2.75, 3.05) is 0 Å². The molecule has 0 N–H and O–H groups in total. The molecule has 1 saturated carbocycles. The van der Waals surface area contributed by atoms with E-state index in [4.69, 9.17) is 9.97 Å². The molecule has 3 heteroatoms. The Kier molecular flexibility index (Phi) is 4.25. The molecule has 20 heavy (non-hydrogen) atoms. The molecule has 0 aliphatic heterocycles. The molecule has 106 valence electrons. The first-order chi connectivity index (χ1) is 9.74. The summed E-state index contributed by atoms with van der Waals surface area (Å²) in [5.41, 5.74) is 1.09. The number of nitrogens with zero attached hydrogens (tertiary/aromatic N) is 2. The van der Waals surface area contributed by atoms with Gasteiger partial charge in [-0.05, 0) is 18.9 Å². The Morgan fingerprint density at radius 3 is 2.55 bits per heavy atom. The topological polar surface area (TPSA) is 25.8 Å². The second kappa shape index (κ2) is 6.13. The van der Waals surface area contributed by atoms with Gasteiger partial charge in [-0.3, -0.25) is 0 Å². The van der Waals surface area contributed by atoms with Gasteiger partial charge < -0.3 is 0 Å². The van der Waals surface area contributed by atoms with Crippen LogP contribution in [-0.2, 0) is 0 Å². The monoisotopic (exact) mass is 286 g/mol. The number of fused-ring (bicyclic) bond motifs is 1. The summed E-state index contributed by atoms with van der Waals surface area (Å²) in [6.45, 7) is 4.33. The van der Waals surface area contributed by atoms with E-state index in [0.717, 1.165) is 16.6 Å². The molecule has 0 saturated heterocycles. The van der Waals surface area contributed by atoms with Gasteiger partial charge in [0.2, 0.25) is 0 Å². The van der Waals surface area contributed by atoms with Gasteiger partial charge in [0.25, 0.3) is 0 Å². The molecule has 1 heterocycles. The highest BCUT2D eigenvalue weighted by atomic mass is 32.2. The quantitative estimate of drug-likeness (QED) is 0.727. The minimum Gasteiger partial charge on any atom is -0.233 e. The lowest BCUT2D eigenvalue weighted by molar-refractivity contribution is 0.515.